The molecule has 0 bridgehead atoms. The van der Waals surface area contributed by atoms with Crippen molar-refractivity contribution >= 4 is 11.8 Å². The van der Waals surface area contributed by atoms with Crippen molar-refractivity contribution in [2.45, 2.75) is 56.6 Å². The van der Waals surface area contributed by atoms with Gasteiger partial charge in [0.25, 0.3) is 0 Å². The smallest absolute Gasteiger partial charge is 0.0853 e. The lowest BCUT2D eigenvalue weighted by Crippen LogP contribution is -2.62. The third-order valence-corrected chi connectivity index (χ3v) is 5.87. The highest BCUT2D eigenvalue weighted by atomic mass is 32.2. The fourth-order valence-corrected chi connectivity index (χ4v) is 5.16. The van der Waals surface area contributed by atoms with Gasteiger partial charge in [0.15, 0.2) is 0 Å². The van der Waals surface area contributed by atoms with Crippen LogP contribution < -0.4 is 5.32 Å². The molecule has 1 N–H and O–H groups in total. The maximum atomic E-state index is 6.30. The van der Waals surface area contributed by atoms with Gasteiger partial charge in [0, 0.05) is 12.6 Å². The lowest BCUT2D eigenvalue weighted by atomic mass is 9.73. The second-order valence-corrected chi connectivity index (χ2v) is 7.08. The molecule has 0 aromatic rings. The Morgan fingerprint density at radius 1 is 1.06 bits per heavy atom. The lowest BCUT2D eigenvalue weighted by molar-refractivity contribution is -0.118. The van der Waals surface area contributed by atoms with Gasteiger partial charge in [-0.25, -0.2) is 0 Å². The Morgan fingerprint density at radius 2 is 1.82 bits per heavy atom. The van der Waals surface area contributed by atoms with Gasteiger partial charge in [-0.05, 0) is 43.1 Å². The molecule has 98 valence electrons. The summed E-state index contributed by atoms with van der Waals surface area (Å²) in [6, 6.07) is 0.650. The first kappa shape index (κ1) is 12.3. The highest BCUT2D eigenvalue weighted by Gasteiger charge is 2.46. The molecule has 2 aliphatic heterocycles. The molecule has 17 heavy (non-hydrogen) atoms. The zero-order valence-electron chi connectivity index (χ0n) is 10.7. The van der Waals surface area contributed by atoms with Gasteiger partial charge in [0.2, 0.25) is 0 Å². The van der Waals surface area contributed by atoms with E-state index < -0.39 is 0 Å². The van der Waals surface area contributed by atoms with Gasteiger partial charge in [0.1, 0.15) is 0 Å². The Morgan fingerprint density at radius 3 is 2.59 bits per heavy atom. The van der Waals surface area contributed by atoms with Crippen molar-refractivity contribution in [1.82, 2.24) is 5.32 Å². The van der Waals surface area contributed by atoms with E-state index in [9.17, 15) is 0 Å². The topological polar surface area (TPSA) is 21.3 Å². The van der Waals surface area contributed by atoms with Crippen LogP contribution in [0.5, 0.6) is 0 Å². The first-order valence-electron chi connectivity index (χ1n) is 7.36. The summed E-state index contributed by atoms with van der Waals surface area (Å²) in [4.78, 5) is 0. The van der Waals surface area contributed by atoms with Gasteiger partial charge in [-0.2, -0.15) is 11.8 Å². The third kappa shape index (κ3) is 2.52. The summed E-state index contributed by atoms with van der Waals surface area (Å²) >= 11 is 2.10. The van der Waals surface area contributed by atoms with Gasteiger partial charge in [-0.1, -0.05) is 19.3 Å². The van der Waals surface area contributed by atoms with Crippen LogP contribution >= 0.6 is 11.8 Å². The van der Waals surface area contributed by atoms with Crippen molar-refractivity contribution < 1.29 is 4.74 Å². The van der Waals surface area contributed by atoms with Gasteiger partial charge in [-0.3, -0.25) is 0 Å². The maximum absolute atomic E-state index is 6.30. The molecule has 0 aromatic heterocycles. The van der Waals surface area contributed by atoms with E-state index in [1.807, 2.05) is 0 Å². The van der Waals surface area contributed by atoms with Crippen molar-refractivity contribution in [2.75, 3.05) is 24.7 Å². The Labute approximate surface area is 109 Å². The predicted molar refractivity (Wildman–Crippen MR) is 73.6 cm³/mol. The molecule has 0 aromatic carbocycles. The predicted octanol–water partition coefficient (Wildman–Crippen LogP) is 2.82. The zero-order chi connectivity index (χ0) is 11.6. The molecule has 2 heterocycles. The van der Waals surface area contributed by atoms with E-state index in [-0.39, 0.29) is 5.60 Å². The van der Waals surface area contributed by atoms with E-state index in [1.165, 1.54) is 56.5 Å². The van der Waals surface area contributed by atoms with Gasteiger partial charge >= 0.3 is 0 Å². The average Bonchev–Trinajstić information content (AvgIpc) is 2.41. The first-order valence-corrected chi connectivity index (χ1v) is 8.51. The molecule has 3 aliphatic rings. The van der Waals surface area contributed by atoms with Crippen LogP contribution in [0.15, 0.2) is 0 Å². The van der Waals surface area contributed by atoms with Gasteiger partial charge < -0.3 is 10.1 Å². The van der Waals surface area contributed by atoms with Crippen molar-refractivity contribution in [3.8, 4) is 0 Å². The number of rotatable bonds is 1. The molecule has 3 rings (SSSR count). The molecule has 1 unspecified atom stereocenters. The maximum Gasteiger partial charge on any atom is 0.0853 e. The molecule has 3 heteroatoms. The first-order chi connectivity index (χ1) is 8.41. The van der Waals surface area contributed by atoms with E-state index >= 15 is 0 Å². The standard InChI is InChI=1S/C14H25NOS/c1-2-4-12(5-3-1)13-14(16-9-8-15-13)6-10-17-11-7-14/h12-13,15H,1-11H2. The summed E-state index contributed by atoms with van der Waals surface area (Å²) in [6.07, 6.45) is 9.72. The Balaban J connectivity index is 1.73. The molecule has 1 spiro atoms. The van der Waals surface area contributed by atoms with E-state index in [4.69, 9.17) is 4.74 Å². The SMILES string of the molecule is C1CCC(C2NCCOC23CCSCC3)CC1. The number of nitrogens with one attached hydrogen (secondary N) is 1. The van der Waals surface area contributed by atoms with Crippen molar-refractivity contribution in [3.05, 3.63) is 0 Å². The van der Waals surface area contributed by atoms with Crippen LogP contribution in [0.1, 0.15) is 44.9 Å². The van der Waals surface area contributed by atoms with Crippen LogP contribution in [0.4, 0.5) is 0 Å². The van der Waals surface area contributed by atoms with Gasteiger partial charge in [0.05, 0.1) is 12.2 Å². The molecule has 0 radical (unpaired) electrons. The summed E-state index contributed by atoms with van der Waals surface area (Å²) in [5.74, 6) is 3.47. The number of hydrogen-bond acceptors (Lipinski definition) is 3. The Bertz CT molecular complexity index is 238. The van der Waals surface area contributed by atoms with E-state index in [0.717, 1.165) is 19.1 Å². The van der Waals surface area contributed by atoms with Crippen molar-refractivity contribution in [3.63, 3.8) is 0 Å². The van der Waals surface area contributed by atoms with Crippen LogP contribution in [-0.4, -0.2) is 36.3 Å². The van der Waals surface area contributed by atoms with E-state index in [0.29, 0.717) is 6.04 Å². The molecular formula is C14H25NOS. The number of thioether (sulfide) groups is 1. The van der Waals surface area contributed by atoms with Crippen LogP contribution in [0.2, 0.25) is 0 Å². The van der Waals surface area contributed by atoms with Crippen LogP contribution in [0, 0.1) is 5.92 Å². The second-order valence-electron chi connectivity index (χ2n) is 5.86. The molecule has 3 fully saturated rings. The van der Waals surface area contributed by atoms with Crippen molar-refractivity contribution in [1.29, 1.82) is 0 Å². The second kappa shape index (κ2) is 5.50. The minimum atomic E-state index is 0.200. The van der Waals surface area contributed by atoms with Crippen LogP contribution in [0.3, 0.4) is 0 Å². The number of hydrogen-bond donors (Lipinski definition) is 1. The normalized spacial score (nSPS) is 34.9. The van der Waals surface area contributed by atoms with Crippen LogP contribution in [-0.2, 0) is 4.74 Å². The average molecular weight is 255 g/mol. The lowest BCUT2D eigenvalue weighted by Gasteiger charge is -2.50. The molecule has 1 saturated carbocycles. The summed E-state index contributed by atoms with van der Waals surface area (Å²) in [5.41, 5.74) is 0.200. The highest BCUT2D eigenvalue weighted by Crippen LogP contribution is 2.41. The monoisotopic (exact) mass is 255 g/mol. The quantitative estimate of drug-likeness (QED) is 0.778. The zero-order valence-corrected chi connectivity index (χ0v) is 11.6. The fourth-order valence-electron chi connectivity index (χ4n) is 3.98. The molecule has 1 aliphatic carbocycles. The largest absolute Gasteiger partial charge is 0.372 e. The molecule has 2 nitrogen and oxygen atoms in total. The molecule has 2 saturated heterocycles. The summed E-state index contributed by atoms with van der Waals surface area (Å²) < 4.78 is 6.30. The minimum absolute atomic E-state index is 0.200. The molecular weight excluding hydrogens is 230 g/mol. The highest BCUT2D eigenvalue weighted by molar-refractivity contribution is 7.99. The van der Waals surface area contributed by atoms with E-state index in [1.54, 1.807) is 0 Å². The Hall–Kier alpha value is 0.270. The minimum Gasteiger partial charge on any atom is -0.372 e. The third-order valence-electron chi connectivity index (χ3n) is 4.88. The molecule has 1 atom stereocenters. The fraction of sp³-hybridized carbons (Fsp3) is 1.00. The van der Waals surface area contributed by atoms with Crippen molar-refractivity contribution in [2.24, 2.45) is 5.92 Å². The number of ether oxygens (including phenoxy) is 1. The van der Waals surface area contributed by atoms with Crippen LogP contribution in [0.25, 0.3) is 0 Å². The number of morpholine rings is 1. The van der Waals surface area contributed by atoms with Gasteiger partial charge in [-0.15, -0.1) is 0 Å². The molecule has 0 amide bonds. The Kier molecular flexibility index (Phi) is 3.98. The van der Waals surface area contributed by atoms with E-state index in [2.05, 4.69) is 17.1 Å². The summed E-state index contributed by atoms with van der Waals surface area (Å²) in [5, 5.41) is 3.82. The summed E-state index contributed by atoms with van der Waals surface area (Å²) in [7, 11) is 0. The summed E-state index contributed by atoms with van der Waals surface area (Å²) in [6.45, 7) is 1.99.